The van der Waals surface area contributed by atoms with Crippen LogP contribution in [0.3, 0.4) is 0 Å². The Kier molecular flexibility index (Phi) is 7.49. The number of para-hydroxylation sites is 1. The Balaban J connectivity index is 1.34. The molecule has 1 aliphatic heterocycles. The third-order valence-corrected chi connectivity index (χ3v) is 8.04. The number of amides is 1. The lowest BCUT2D eigenvalue weighted by Crippen LogP contribution is -2.22. The molecule has 1 saturated heterocycles. The van der Waals surface area contributed by atoms with Gasteiger partial charge in [0.15, 0.2) is 18.1 Å². The van der Waals surface area contributed by atoms with Crippen LogP contribution < -0.4 is 19.5 Å². The molecule has 1 aliphatic rings. The molecule has 1 aromatic heterocycles. The number of thioether (sulfide) groups is 2. The highest BCUT2D eigenvalue weighted by Crippen LogP contribution is 2.45. The van der Waals surface area contributed by atoms with Crippen LogP contribution in [0.2, 0.25) is 0 Å². The zero-order valence-electron chi connectivity index (χ0n) is 17.9. The number of rotatable bonds is 9. The summed E-state index contributed by atoms with van der Waals surface area (Å²) in [6.07, 6.45) is 1.64. The highest BCUT2D eigenvalue weighted by Gasteiger charge is 2.18. The van der Waals surface area contributed by atoms with Gasteiger partial charge >= 0.3 is 0 Å². The molecule has 0 atom stereocenters. The van der Waals surface area contributed by atoms with Crippen LogP contribution in [0.4, 0.5) is 5.82 Å². The fourth-order valence-electron chi connectivity index (χ4n) is 3.40. The van der Waals surface area contributed by atoms with Crippen LogP contribution in [0, 0.1) is 0 Å². The first-order chi connectivity index (χ1) is 15.7. The van der Waals surface area contributed by atoms with E-state index in [-0.39, 0.29) is 12.5 Å². The summed E-state index contributed by atoms with van der Waals surface area (Å²) in [5, 5.41) is 7.18. The number of benzene rings is 2. The van der Waals surface area contributed by atoms with Crippen LogP contribution in [0.5, 0.6) is 17.2 Å². The molecule has 0 bridgehead atoms. The van der Waals surface area contributed by atoms with E-state index in [1.54, 1.807) is 31.2 Å². The molecule has 1 N–H and O–H groups in total. The molecule has 7 nitrogen and oxygen atoms in total. The molecule has 168 valence electrons. The average Bonchev–Trinajstić information content (AvgIpc) is 3.51. The molecule has 32 heavy (non-hydrogen) atoms. The van der Waals surface area contributed by atoms with Crippen LogP contribution in [-0.2, 0) is 11.3 Å². The number of aromatic nitrogens is 2. The number of methoxy groups -OCH3 is 2. The van der Waals surface area contributed by atoms with Crippen LogP contribution >= 0.6 is 23.5 Å². The lowest BCUT2D eigenvalue weighted by molar-refractivity contribution is -0.118. The third-order valence-electron chi connectivity index (χ3n) is 4.93. The normalized spacial score (nSPS) is 13.7. The van der Waals surface area contributed by atoms with Gasteiger partial charge in [-0.15, -0.1) is 23.5 Å². The second-order valence-electron chi connectivity index (χ2n) is 7.01. The maximum atomic E-state index is 12.5. The van der Waals surface area contributed by atoms with E-state index < -0.39 is 0 Å². The van der Waals surface area contributed by atoms with E-state index in [1.165, 1.54) is 17.1 Å². The molecule has 0 spiro atoms. The van der Waals surface area contributed by atoms with Crippen molar-refractivity contribution in [1.82, 2.24) is 9.78 Å². The number of nitrogens with zero attached hydrogens (tertiary/aromatic N) is 2. The van der Waals surface area contributed by atoms with Gasteiger partial charge in [-0.25, -0.2) is 4.68 Å². The van der Waals surface area contributed by atoms with Crippen molar-refractivity contribution in [3.05, 3.63) is 65.9 Å². The second-order valence-corrected chi connectivity index (χ2v) is 9.73. The van der Waals surface area contributed by atoms with Gasteiger partial charge in [-0.2, -0.15) is 5.10 Å². The molecule has 1 fully saturated rings. The molecule has 2 aromatic carbocycles. The van der Waals surface area contributed by atoms with E-state index >= 15 is 0 Å². The second kappa shape index (κ2) is 10.7. The van der Waals surface area contributed by atoms with E-state index in [0.717, 1.165) is 5.56 Å². The standard InChI is InChI=1S/C23H25N3O4S2/c1-28-19-5-3-4-17(22(19)29-2)14-26-20(10-11-24-26)25-21(27)15-30-18-8-6-16(7-9-18)23-31-12-13-32-23/h3-11,23H,12-15H2,1-2H3,(H,25,27). The fraction of sp³-hybridized carbons (Fsp3) is 0.304. The van der Waals surface area contributed by atoms with Gasteiger partial charge in [-0.3, -0.25) is 4.79 Å². The van der Waals surface area contributed by atoms with Gasteiger partial charge in [0.25, 0.3) is 5.91 Å². The summed E-state index contributed by atoms with van der Waals surface area (Å²) in [6, 6.07) is 15.4. The van der Waals surface area contributed by atoms with Crippen LogP contribution in [0.15, 0.2) is 54.7 Å². The molecule has 3 aromatic rings. The summed E-state index contributed by atoms with van der Waals surface area (Å²) >= 11 is 3.93. The Morgan fingerprint density at radius 2 is 1.88 bits per heavy atom. The largest absolute Gasteiger partial charge is 0.493 e. The van der Waals surface area contributed by atoms with Gasteiger partial charge in [0.05, 0.1) is 31.5 Å². The average molecular weight is 472 g/mol. The maximum Gasteiger partial charge on any atom is 0.263 e. The van der Waals surface area contributed by atoms with Crippen molar-refractivity contribution in [2.75, 3.05) is 37.6 Å². The van der Waals surface area contributed by atoms with Crippen molar-refractivity contribution in [2.24, 2.45) is 0 Å². The minimum Gasteiger partial charge on any atom is -0.493 e. The Labute approximate surface area is 195 Å². The zero-order chi connectivity index (χ0) is 22.3. The molecule has 9 heteroatoms. The SMILES string of the molecule is COc1cccc(Cn2nccc2NC(=O)COc2ccc(C3SCCS3)cc2)c1OC. The predicted molar refractivity (Wildman–Crippen MR) is 129 cm³/mol. The van der Waals surface area contributed by atoms with E-state index in [1.807, 2.05) is 53.9 Å². The lowest BCUT2D eigenvalue weighted by atomic mass is 10.2. The fourth-order valence-corrected chi connectivity index (χ4v) is 6.26. The van der Waals surface area contributed by atoms with E-state index in [0.29, 0.717) is 34.2 Å². The summed E-state index contributed by atoms with van der Waals surface area (Å²) in [5.74, 6) is 4.66. The van der Waals surface area contributed by atoms with Crippen molar-refractivity contribution in [3.8, 4) is 17.2 Å². The summed E-state index contributed by atoms with van der Waals surface area (Å²) in [5.41, 5.74) is 2.17. The molecule has 0 unspecified atom stereocenters. The summed E-state index contributed by atoms with van der Waals surface area (Å²) in [4.78, 5) is 12.5. The van der Waals surface area contributed by atoms with Crippen molar-refractivity contribution in [2.45, 2.75) is 11.1 Å². The third kappa shape index (κ3) is 5.34. The Hall–Kier alpha value is -2.78. The van der Waals surface area contributed by atoms with Crippen molar-refractivity contribution >= 4 is 35.2 Å². The molecular weight excluding hydrogens is 446 g/mol. The van der Waals surface area contributed by atoms with Crippen LogP contribution in [0.25, 0.3) is 0 Å². The zero-order valence-corrected chi connectivity index (χ0v) is 19.6. The van der Waals surface area contributed by atoms with Crippen LogP contribution in [0.1, 0.15) is 15.7 Å². The number of nitrogens with one attached hydrogen (secondary N) is 1. The molecule has 2 heterocycles. The Morgan fingerprint density at radius 1 is 1.09 bits per heavy atom. The molecular formula is C23H25N3O4S2. The van der Waals surface area contributed by atoms with Gasteiger partial charge in [-0.05, 0) is 23.8 Å². The highest BCUT2D eigenvalue weighted by molar-refractivity contribution is 8.19. The van der Waals surface area contributed by atoms with Gasteiger partial charge < -0.3 is 19.5 Å². The minimum absolute atomic E-state index is 0.0834. The monoisotopic (exact) mass is 471 g/mol. The minimum atomic E-state index is -0.254. The summed E-state index contributed by atoms with van der Waals surface area (Å²) < 4.78 is 18.7. The van der Waals surface area contributed by atoms with Crippen LogP contribution in [-0.4, -0.2) is 48.0 Å². The smallest absolute Gasteiger partial charge is 0.263 e. The molecule has 0 radical (unpaired) electrons. The number of hydrogen-bond donors (Lipinski definition) is 1. The number of carbonyl (C=O) groups excluding carboxylic acids is 1. The molecule has 4 rings (SSSR count). The quantitative estimate of drug-likeness (QED) is 0.494. The van der Waals surface area contributed by atoms with Crippen molar-refractivity contribution < 1.29 is 19.0 Å². The Bertz CT molecular complexity index is 1050. The first kappa shape index (κ1) is 22.4. The number of ether oxygens (including phenoxy) is 3. The summed E-state index contributed by atoms with van der Waals surface area (Å²) in [7, 11) is 3.20. The molecule has 0 saturated carbocycles. The first-order valence-electron chi connectivity index (χ1n) is 10.2. The summed E-state index contributed by atoms with van der Waals surface area (Å²) in [6.45, 7) is 0.336. The van der Waals surface area contributed by atoms with Gasteiger partial charge in [-0.1, -0.05) is 24.3 Å². The topological polar surface area (TPSA) is 74.6 Å². The van der Waals surface area contributed by atoms with Gasteiger partial charge in [0, 0.05) is 23.1 Å². The van der Waals surface area contributed by atoms with Crippen molar-refractivity contribution in [3.63, 3.8) is 0 Å². The van der Waals surface area contributed by atoms with Gasteiger partial charge in [0.2, 0.25) is 0 Å². The Morgan fingerprint density at radius 3 is 2.59 bits per heavy atom. The lowest BCUT2D eigenvalue weighted by Gasteiger charge is -2.14. The van der Waals surface area contributed by atoms with E-state index in [2.05, 4.69) is 22.5 Å². The number of hydrogen-bond acceptors (Lipinski definition) is 7. The number of anilines is 1. The van der Waals surface area contributed by atoms with Gasteiger partial charge in [0.1, 0.15) is 11.6 Å². The highest BCUT2D eigenvalue weighted by atomic mass is 32.2. The molecule has 0 aliphatic carbocycles. The first-order valence-corrected chi connectivity index (χ1v) is 12.2. The molecule has 1 amide bonds. The predicted octanol–water partition coefficient (Wildman–Crippen LogP) is 4.44. The maximum absolute atomic E-state index is 12.5. The number of carbonyl (C=O) groups is 1. The van der Waals surface area contributed by atoms with E-state index in [4.69, 9.17) is 14.2 Å². The van der Waals surface area contributed by atoms with E-state index in [9.17, 15) is 4.79 Å². The van der Waals surface area contributed by atoms with Crippen molar-refractivity contribution in [1.29, 1.82) is 0 Å².